The standard InChI is InChI=1S/C17H18N2O4/c1-3-6-15(22)19-17-18-11(2)16(23-17)14(21)10-9-12-7-4-5-8-13(12)20/h4-5,7-10,20H,3,6H2,1-2H3,(H,18,19,22). The summed E-state index contributed by atoms with van der Waals surface area (Å²) >= 11 is 0. The summed E-state index contributed by atoms with van der Waals surface area (Å²) in [7, 11) is 0. The van der Waals surface area contributed by atoms with E-state index in [9.17, 15) is 14.7 Å². The first-order valence-corrected chi connectivity index (χ1v) is 7.29. The fraction of sp³-hybridized carbons (Fsp3) is 0.235. The van der Waals surface area contributed by atoms with Crippen LogP contribution >= 0.6 is 0 Å². The zero-order chi connectivity index (χ0) is 16.8. The molecule has 0 spiro atoms. The number of carbonyl (C=O) groups is 2. The number of rotatable bonds is 6. The molecule has 6 heteroatoms. The van der Waals surface area contributed by atoms with Gasteiger partial charge in [-0.05, 0) is 31.6 Å². The largest absolute Gasteiger partial charge is 0.507 e. The first-order valence-electron chi connectivity index (χ1n) is 7.29. The predicted molar refractivity (Wildman–Crippen MR) is 86.2 cm³/mol. The molecule has 23 heavy (non-hydrogen) atoms. The molecule has 0 saturated heterocycles. The summed E-state index contributed by atoms with van der Waals surface area (Å²) in [6.07, 6.45) is 3.85. The molecule has 6 nitrogen and oxygen atoms in total. The van der Waals surface area contributed by atoms with Crippen LogP contribution in [0, 0.1) is 6.92 Å². The van der Waals surface area contributed by atoms with Gasteiger partial charge in [0.05, 0.1) is 5.69 Å². The number of phenols is 1. The van der Waals surface area contributed by atoms with Gasteiger partial charge in [0.2, 0.25) is 11.7 Å². The molecule has 0 bridgehead atoms. The lowest BCUT2D eigenvalue weighted by Gasteiger charge is -1.97. The van der Waals surface area contributed by atoms with Crippen molar-refractivity contribution in [1.29, 1.82) is 0 Å². The molecular formula is C17H18N2O4. The molecule has 0 aliphatic heterocycles. The quantitative estimate of drug-likeness (QED) is 0.630. The first-order chi connectivity index (χ1) is 11.0. The summed E-state index contributed by atoms with van der Waals surface area (Å²) in [4.78, 5) is 27.7. The van der Waals surface area contributed by atoms with Gasteiger partial charge >= 0.3 is 6.01 Å². The number of phenolic OH excluding ortho intramolecular Hbond substituents is 1. The highest BCUT2D eigenvalue weighted by Gasteiger charge is 2.16. The van der Waals surface area contributed by atoms with E-state index in [0.29, 0.717) is 24.1 Å². The van der Waals surface area contributed by atoms with Crippen molar-refractivity contribution in [3.63, 3.8) is 0 Å². The lowest BCUT2D eigenvalue weighted by Crippen LogP contribution is -2.10. The van der Waals surface area contributed by atoms with Gasteiger partial charge in [-0.25, -0.2) is 0 Å². The minimum atomic E-state index is -0.394. The van der Waals surface area contributed by atoms with Crippen LogP contribution in [-0.4, -0.2) is 21.8 Å². The number of aromatic nitrogens is 1. The van der Waals surface area contributed by atoms with Crippen molar-refractivity contribution in [1.82, 2.24) is 4.98 Å². The van der Waals surface area contributed by atoms with Gasteiger partial charge in [-0.3, -0.25) is 14.9 Å². The van der Waals surface area contributed by atoms with Gasteiger partial charge in [-0.2, -0.15) is 4.98 Å². The molecule has 1 heterocycles. The number of carbonyl (C=O) groups excluding carboxylic acids is 2. The molecule has 1 aromatic heterocycles. The van der Waals surface area contributed by atoms with Crippen LogP contribution in [0.5, 0.6) is 5.75 Å². The summed E-state index contributed by atoms with van der Waals surface area (Å²) in [5.74, 6) is -0.464. The zero-order valence-electron chi connectivity index (χ0n) is 13.0. The highest BCUT2D eigenvalue weighted by Crippen LogP contribution is 2.19. The monoisotopic (exact) mass is 314 g/mol. The zero-order valence-corrected chi connectivity index (χ0v) is 13.0. The van der Waals surface area contributed by atoms with E-state index in [1.165, 1.54) is 18.2 Å². The number of aryl methyl sites for hydroxylation is 1. The second-order valence-corrected chi connectivity index (χ2v) is 4.99. The number of hydrogen-bond donors (Lipinski definition) is 2. The van der Waals surface area contributed by atoms with E-state index in [-0.39, 0.29) is 23.4 Å². The second kappa shape index (κ2) is 7.40. The molecule has 0 fully saturated rings. The number of nitrogens with zero attached hydrogens (tertiary/aromatic N) is 1. The van der Waals surface area contributed by atoms with Gasteiger partial charge in [-0.1, -0.05) is 25.1 Å². The highest BCUT2D eigenvalue weighted by atomic mass is 16.4. The fourth-order valence-electron chi connectivity index (χ4n) is 1.96. The Hall–Kier alpha value is -2.89. The number of oxazole rings is 1. The molecule has 0 unspecified atom stereocenters. The third kappa shape index (κ3) is 4.29. The average Bonchev–Trinajstić information content (AvgIpc) is 2.87. The van der Waals surface area contributed by atoms with Crippen LogP contribution in [0.1, 0.15) is 41.6 Å². The molecule has 1 amide bonds. The van der Waals surface area contributed by atoms with Gasteiger partial charge in [-0.15, -0.1) is 0 Å². The normalized spacial score (nSPS) is 10.9. The van der Waals surface area contributed by atoms with Crippen molar-refractivity contribution >= 4 is 23.8 Å². The predicted octanol–water partition coefficient (Wildman–Crippen LogP) is 3.32. The van der Waals surface area contributed by atoms with Gasteiger partial charge in [0.25, 0.3) is 0 Å². The highest BCUT2D eigenvalue weighted by molar-refractivity contribution is 6.06. The number of benzene rings is 1. The summed E-state index contributed by atoms with van der Waals surface area (Å²) in [6.45, 7) is 3.51. The van der Waals surface area contributed by atoms with Crippen molar-refractivity contribution in [3.05, 3.63) is 47.4 Å². The Morgan fingerprint density at radius 3 is 2.78 bits per heavy atom. The molecule has 0 atom stereocenters. The minimum absolute atomic E-state index is 0.0141. The Kier molecular flexibility index (Phi) is 5.30. The summed E-state index contributed by atoms with van der Waals surface area (Å²) < 4.78 is 5.31. The summed E-state index contributed by atoms with van der Waals surface area (Å²) in [5.41, 5.74) is 0.915. The van der Waals surface area contributed by atoms with Crippen molar-refractivity contribution in [2.75, 3.05) is 5.32 Å². The molecule has 0 aliphatic rings. The van der Waals surface area contributed by atoms with Gasteiger partial charge in [0.1, 0.15) is 5.75 Å². The summed E-state index contributed by atoms with van der Waals surface area (Å²) in [6, 6.07) is 6.68. The Bertz CT molecular complexity index is 747. The molecule has 120 valence electrons. The van der Waals surface area contributed by atoms with Crippen LogP contribution in [0.15, 0.2) is 34.8 Å². The van der Waals surface area contributed by atoms with Gasteiger partial charge < -0.3 is 9.52 Å². The molecular weight excluding hydrogens is 296 g/mol. The Morgan fingerprint density at radius 1 is 1.35 bits per heavy atom. The minimum Gasteiger partial charge on any atom is -0.507 e. The molecule has 1 aromatic carbocycles. The Labute approximate surface area is 133 Å². The fourth-order valence-corrected chi connectivity index (χ4v) is 1.96. The lowest BCUT2D eigenvalue weighted by molar-refractivity contribution is -0.116. The number of para-hydroxylation sites is 1. The van der Waals surface area contributed by atoms with Gasteiger partial charge in [0, 0.05) is 12.0 Å². The van der Waals surface area contributed by atoms with E-state index in [2.05, 4.69) is 10.3 Å². The van der Waals surface area contributed by atoms with Crippen LogP contribution in [0.25, 0.3) is 6.08 Å². The molecule has 2 rings (SSSR count). The molecule has 0 saturated carbocycles. The Morgan fingerprint density at radius 2 is 2.09 bits per heavy atom. The number of hydrogen-bond acceptors (Lipinski definition) is 5. The molecule has 0 aliphatic carbocycles. The number of allylic oxidation sites excluding steroid dienone is 1. The average molecular weight is 314 g/mol. The molecule has 0 radical (unpaired) electrons. The van der Waals surface area contributed by atoms with E-state index < -0.39 is 5.78 Å². The van der Waals surface area contributed by atoms with E-state index in [1.807, 2.05) is 6.92 Å². The van der Waals surface area contributed by atoms with E-state index in [4.69, 9.17) is 4.42 Å². The Balaban J connectivity index is 2.12. The third-order valence-corrected chi connectivity index (χ3v) is 3.09. The van der Waals surface area contributed by atoms with Crippen molar-refractivity contribution in [2.24, 2.45) is 0 Å². The van der Waals surface area contributed by atoms with Crippen molar-refractivity contribution < 1.29 is 19.1 Å². The van der Waals surface area contributed by atoms with Crippen LogP contribution in [-0.2, 0) is 4.79 Å². The number of aromatic hydroxyl groups is 1. The van der Waals surface area contributed by atoms with Crippen molar-refractivity contribution in [2.45, 2.75) is 26.7 Å². The molecule has 2 aromatic rings. The maximum Gasteiger partial charge on any atom is 0.302 e. The first kappa shape index (κ1) is 16.5. The van der Waals surface area contributed by atoms with Gasteiger partial charge in [0.15, 0.2) is 5.76 Å². The van der Waals surface area contributed by atoms with Crippen LogP contribution in [0.4, 0.5) is 6.01 Å². The van der Waals surface area contributed by atoms with Crippen LogP contribution < -0.4 is 5.32 Å². The topological polar surface area (TPSA) is 92.4 Å². The van der Waals surface area contributed by atoms with Crippen molar-refractivity contribution in [3.8, 4) is 5.75 Å². The van der Waals surface area contributed by atoms with E-state index in [0.717, 1.165) is 0 Å². The third-order valence-electron chi connectivity index (χ3n) is 3.09. The van der Waals surface area contributed by atoms with Crippen LogP contribution in [0.2, 0.25) is 0 Å². The maximum absolute atomic E-state index is 12.2. The number of nitrogens with one attached hydrogen (secondary N) is 1. The number of anilines is 1. The SMILES string of the molecule is CCCC(=O)Nc1nc(C)c(C(=O)C=Cc2ccccc2O)o1. The van der Waals surface area contributed by atoms with E-state index >= 15 is 0 Å². The lowest BCUT2D eigenvalue weighted by atomic mass is 10.1. The smallest absolute Gasteiger partial charge is 0.302 e. The van der Waals surface area contributed by atoms with E-state index in [1.54, 1.807) is 25.1 Å². The van der Waals surface area contributed by atoms with Crippen LogP contribution in [0.3, 0.4) is 0 Å². The second-order valence-electron chi connectivity index (χ2n) is 4.99. The molecule has 2 N–H and O–H groups in total. The number of amides is 1. The maximum atomic E-state index is 12.2. The number of ketones is 1. The summed E-state index contributed by atoms with van der Waals surface area (Å²) in [5, 5.41) is 12.2.